The van der Waals surface area contributed by atoms with Crippen LogP contribution in [-0.2, 0) is 9.53 Å². The molecule has 1 aliphatic carbocycles. The molecule has 1 aromatic rings. The van der Waals surface area contributed by atoms with Gasteiger partial charge in [0.1, 0.15) is 11.3 Å². The fourth-order valence-electron chi connectivity index (χ4n) is 2.95. The Morgan fingerprint density at radius 2 is 1.92 bits per heavy atom. The van der Waals surface area contributed by atoms with Crippen LogP contribution in [-0.4, -0.2) is 30.3 Å². The molecular weight excluding hydrogens is 328 g/mol. The van der Waals surface area contributed by atoms with E-state index in [1.807, 2.05) is 58.9 Å². The van der Waals surface area contributed by atoms with E-state index in [1.165, 1.54) is 0 Å². The zero-order chi connectivity index (χ0) is 17.3. The van der Waals surface area contributed by atoms with Gasteiger partial charge in [0.05, 0.1) is 12.2 Å². The summed E-state index contributed by atoms with van der Waals surface area (Å²) < 4.78 is 11.3. The van der Waals surface area contributed by atoms with Crippen LogP contribution < -0.4 is 15.8 Å². The molecule has 1 saturated carbocycles. The minimum Gasteiger partial charge on any atom is -0.491 e. The largest absolute Gasteiger partial charge is 0.491 e. The maximum absolute atomic E-state index is 12.6. The fraction of sp³-hybridized carbons (Fsp3) is 0.611. The number of rotatable bonds is 6. The first-order chi connectivity index (χ1) is 10.7. The van der Waals surface area contributed by atoms with Gasteiger partial charge in [-0.05, 0) is 45.0 Å². The molecule has 136 valence electrons. The molecule has 0 aromatic heterocycles. The van der Waals surface area contributed by atoms with Gasteiger partial charge in [-0.1, -0.05) is 13.8 Å². The summed E-state index contributed by atoms with van der Waals surface area (Å²) in [5, 5.41) is 2.91. The average molecular weight is 357 g/mol. The molecule has 0 radical (unpaired) electrons. The quantitative estimate of drug-likeness (QED) is 0.819. The zero-order valence-corrected chi connectivity index (χ0v) is 15.9. The van der Waals surface area contributed by atoms with Crippen LogP contribution in [0.15, 0.2) is 24.3 Å². The van der Waals surface area contributed by atoms with Gasteiger partial charge in [-0.15, -0.1) is 12.4 Å². The summed E-state index contributed by atoms with van der Waals surface area (Å²) in [5.41, 5.74) is 5.77. The highest BCUT2D eigenvalue weighted by Gasteiger charge is 2.62. The molecular formula is C18H29ClN2O3. The number of ether oxygens (including phenoxy) is 2. The van der Waals surface area contributed by atoms with E-state index in [9.17, 15) is 4.79 Å². The molecule has 0 heterocycles. The van der Waals surface area contributed by atoms with E-state index in [0.717, 1.165) is 5.75 Å². The second kappa shape index (κ2) is 7.72. The van der Waals surface area contributed by atoms with Crippen LogP contribution in [0.2, 0.25) is 0 Å². The standard InChI is InChI=1S/C18H28N2O3.ClH/c1-6-22-15-11-18(19,17(15,4)5)16(21)20-13-7-9-14(10-8-13)23-12(2)3;/h7-10,12,15H,6,11,19H2,1-5H3,(H,20,21);1H. The molecule has 3 N–H and O–H groups in total. The Kier molecular flexibility index (Phi) is 6.67. The van der Waals surface area contributed by atoms with Crippen molar-refractivity contribution >= 4 is 24.0 Å². The Bertz CT molecular complexity index is 560. The minimum absolute atomic E-state index is 0. The zero-order valence-electron chi connectivity index (χ0n) is 15.1. The lowest BCUT2D eigenvalue weighted by atomic mass is 9.54. The summed E-state index contributed by atoms with van der Waals surface area (Å²) in [5.74, 6) is 0.608. The topological polar surface area (TPSA) is 73.6 Å². The maximum atomic E-state index is 12.6. The fourth-order valence-corrected chi connectivity index (χ4v) is 2.95. The number of anilines is 1. The Morgan fingerprint density at radius 1 is 1.33 bits per heavy atom. The van der Waals surface area contributed by atoms with Gasteiger partial charge in [-0.25, -0.2) is 0 Å². The lowest BCUT2D eigenvalue weighted by Crippen LogP contribution is -2.74. The molecule has 6 heteroatoms. The van der Waals surface area contributed by atoms with E-state index in [2.05, 4.69) is 5.32 Å². The first-order valence-electron chi connectivity index (χ1n) is 8.19. The normalized spacial score (nSPS) is 24.7. The highest BCUT2D eigenvalue weighted by atomic mass is 35.5. The molecule has 0 bridgehead atoms. The van der Waals surface area contributed by atoms with Crippen molar-refractivity contribution in [2.45, 2.75) is 58.8 Å². The molecule has 2 unspecified atom stereocenters. The second-order valence-corrected chi connectivity index (χ2v) is 6.99. The SMILES string of the molecule is CCOC1CC(N)(C(=O)Nc2ccc(OC(C)C)cc2)C1(C)C.Cl. The first kappa shape index (κ1) is 20.7. The number of hydrogen-bond donors (Lipinski definition) is 2. The predicted octanol–water partition coefficient (Wildman–Crippen LogP) is 3.37. The molecule has 24 heavy (non-hydrogen) atoms. The number of carbonyl (C=O) groups is 1. The van der Waals surface area contributed by atoms with Gasteiger partial charge in [-0.3, -0.25) is 4.79 Å². The van der Waals surface area contributed by atoms with Crippen LogP contribution in [0, 0.1) is 5.41 Å². The molecule has 1 aliphatic rings. The lowest BCUT2D eigenvalue weighted by Gasteiger charge is -2.57. The van der Waals surface area contributed by atoms with Crippen LogP contribution in [0.3, 0.4) is 0 Å². The number of amides is 1. The average Bonchev–Trinajstić information content (AvgIpc) is 2.48. The molecule has 1 aromatic carbocycles. The van der Waals surface area contributed by atoms with Crippen LogP contribution >= 0.6 is 12.4 Å². The Labute approximate surface area is 150 Å². The van der Waals surface area contributed by atoms with Gasteiger partial charge < -0.3 is 20.5 Å². The predicted molar refractivity (Wildman–Crippen MR) is 98.8 cm³/mol. The number of benzene rings is 1. The third kappa shape index (κ3) is 3.85. The number of carbonyl (C=O) groups excluding carboxylic acids is 1. The number of halogens is 1. The van der Waals surface area contributed by atoms with Gasteiger partial charge in [0, 0.05) is 24.1 Å². The summed E-state index contributed by atoms with van der Waals surface area (Å²) in [4.78, 5) is 12.6. The van der Waals surface area contributed by atoms with Crippen molar-refractivity contribution in [2.24, 2.45) is 11.1 Å². The molecule has 1 fully saturated rings. The summed E-state index contributed by atoms with van der Waals surface area (Å²) in [7, 11) is 0. The lowest BCUT2D eigenvalue weighted by molar-refractivity contribution is -0.166. The third-order valence-electron chi connectivity index (χ3n) is 4.72. The van der Waals surface area contributed by atoms with E-state index in [4.69, 9.17) is 15.2 Å². The highest BCUT2D eigenvalue weighted by molar-refractivity contribution is 5.99. The van der Waals surface area contributed by atoms with Crippen LogP contribution in [0.1, 0.15) is 41.0 Å². The maximum Gasteiger partial charge on any atom is 0.245 e. The number of nitrogens with one attached hydrogen (secondary N) is 1. The van der Waals surface area contributed by atoms with Crippen molar-refractivity contribution in [3.8, 4) is 5.75 Å². The smallest absolute Gasteiger partial charge is 0.245 e. The van der Waals surface area contributed by atoms with E-state index in [0.29, 0.717) is 18.7 Å². The summed E-state index contributed by atoms with van der Waals surface area (Å²) in [6.45, 7) is 10.5. The van der Waals surface area contributed by atoms with Gasteiger partial charge in [0.25, 0.3) is 0 Å². The van der Waals surface area contributed by atoms with Crippen molar-refractivity contribution in [1.82, 2.24) is 0 Å². The van der Waals surface area contributed by atoms with E-state index in [-0.39, 0.29) is 30.5 Å². The van der Waals surface area contributed by atoms with Crippen molar-refractivity contribution in [3.05, 3.63) is 24.3 Å². The van der Waals surface area contributed by atoms with Crippen LogP contribution in [0.4, 0.5) is 5.69 Å². The molecule has 2 rings (SSSR count). The Balaban J connectivity index is 0.00000288. The molecule has 2 atom stereocenters. The second-order valence-electron chi connectivity index (χ2n) is 6.99. The first-order valence-corrected chi connectivity index (χ1v) is 8.19. The number of hydrogen-bond acceptors (Lipinski definition) is 4. The summed E-state index contributed by atoms with van der Waals surface area (Å²) >= 11 is 0. The van der Waals surface area contributed by atoms with Crippen molar-refractivity contribution in [3.63, 3.8) is 0 Å². The van der Waals surface area contributed by atoms with Gasteiger partial charge in [-0.2, -0.15) is 0 Å². The van der Waals surface area contributed by atoms with Crippen molar-refractivity contribution < 1.29 is 14.3 Å². The summed E-state index contributed by atoms with van der Waals surface area (Å²) in [6.07, 6.45) is 0.674. The Hall–Kier alpha value is -1.30. The highest BCUT2D eigenvalue weighted by Crippen LogP contribution is 2.50. The molecule has 0 saturated heterocycles. The van der Waals surface area contributed by atoms with E-state index in [1.54, 1.807) is 0 Å². The van der Waals surface area contributed by atoms with Crippen molar-refractivity contribution in [2.75, 3.05) is 11.9 Å². The van der Waals surface area contributed by atoms with Crippen LogP contribution in [0.5, 0.6) is 5.75 Å². The Morgan fingerprint density at radius 3 is 2.38 bits per heavy atom. The number of nitrogens with two attached hydrogens (primary N) is 1. The third-order valence-corrected chi connectivity index (χ3v) is 4.72. The van der Waals surface area contributed by atoms with E-state index >= 15 is 0 Å². The van der Waals surface area contributed by atoms with Gasteiger partial charge in [0.2, 0.25) is 5.91 Å². The van der Waals surface area contributed by atoms with Crippen molar-refractivity contribution in [1.29, 1.82) is 0 Å². The van der Waals surface area contributed by atoms with E-state index < -0.39 is 11.0 Å². The molecule has 5 nitrogen and oxygen atoms in total. The summed E-state index contributed by atoms with van der Waals surface area (Å²) in [6, 6.07) is 7.33. The molecule has 0 aliphatic heterocycles. The minimum atomic E-state index is -0.917. The molecule has 1 amide bonds. The monoisotopic (exact) mass is 356 g/mol. The van der Waals surface area contributed by atoms with Crippen LogP contribution in [0.25, 0.3) is 0 Å². The molecule has 0 spiro atoms. The van der Waals surface area contributed by atoms with Gasteiger partial charge in [0.15, 0.2) is 0 Å². The van der Waals surface area contributed by atoms with Gasteiger partial charge >= 0.3 is 0 Å².